The summed E-state index contributed by atoms with van der Waals surface area (Å²) in [5.74, 6) is -0.454. The monoisotopic (exact) mass is 229 g/mol. The molecule has 0 rings (SSSR count). The van der Waals surface area contributed by atoms with Gasteiger partial charge in [0.15, 0.2) is 0 Å². The molecule has 0 saturated carbocycles. The van der Waals surface area contributed by atoms with Crippen LogP contribution in [0.1, 0.15) is 40.0 Å². The Morgan fingerprint density at radius 2 is 1.81 bits per heavy atom. The number of rotatable bonds is 6. The summed E-state index contributed by atoms with van der Waals surface area (Å²) in [6.45, 7) is 6.30. The van der Waals surface area contributed by atoms with Gasteiger partial charge >= 0.3 is 0 Å². The molecular formula is C11H23N3O2. The van der Waals surface area contributed by atoms with Gasteiger partial charge in [0.25, 0.3) is 0 Å². The Hall–Kier alpha value is -1.10. The van der Waals surface area contributed by atoms with Crippen LogP contribution in [0.25, 0.3) is 0 Å². The van der Waals surface area contributed by atoms with Gasteiger partial charge in [0.1, 0.15) is 0 Å². The summed E-state index contributed by atoms with van der Waals surface area (Å²) in [6, 6.07) is -0.511. The van der Waals surface area contributed by atoms with Crippen molar-refractivity contribution in [1.29, 1.82) is 0 Å². The van der Waals surface area contributed by atoms with Gasteiger partial charge in [-0.25, -0.2) is 0 Å². The lowest BCUT2D eigenvalue weighted by Crippen LogP contribution is -2.48. The van der Waals surface area contributed by atoms with Gasteiger partial charge in [-0.05, 0) is 18.3 Å². The Morgan fingerprint density at radius 3 is 2.25 bits per heavy atom. The van der Waals surface area contributed by atoms with E-state index in [0.717, 1.165) is 6.42 Å². The van der Waals surface area contributed by atoms with E-state index in [4.69, 9.17) is 11.5 Å². The molecule has 0 heterocycles. The quantitative estimate of drug-likeness (QED) is 0.565. The van der Waals surface area contributed by atoms with Gasteiger partial charge in [0.05, 0.1) is 6.04 Å². The molecule has 94 valence electrons. The highest BCUT2D eigenvalue weighted by Gasteiger charge is 2.26. The van der Waals surface area contributed by atoms with Crippen LogP contribution in [0.5, 0.6) is 0 Å². The third-order valence-electron chi connectivity index (χ3n) is 2.36. The first-order valence-corrected chi connectivity index (χ1v) is 5.56. The number of nitrogens with one attached hydrogen (secondary N) is 1. The maximum Gasteiger partial charge on any atom is 0.237 e. The summed E-state index contributed by atoms with van der Waals surface area (Å²) in [6.07, 6.45) is 1.80. The molecule has 0 aliphatic carbocycles. The largest absolute Gasteiger partial charge is 0.370 e. The Bertz CT molecular complexity index is 246. The Labute approximate surface area is 96.9 Å². The van der Waals surface area contributed by atoms with Gasteiger partial charge in [0.2, 0.25) is 11.8 Å². The second-order valence-electron chi connectivity index (χ2n) is 5.06. The first-order chi connectivity index (χ1) is 7.25. The van der Waals surface area contributed by atoms with Crippen LogP contribution in [0.2, 0.25) is 0 Å². The number of hydrogen-bond acceptors (Lipinski definition) is 3. The van der Waals surface area contributed by atoms with E-state index in [-0.39, 0.29) is 17.2 Å². The van der Waals surface area contributed by atoms with Crippen LogP contribution in [-0.4, -0.2) is 24.4 Å². The first-order valence-electron chi connectivity index (χ1n) is 5.56. The molecule has 5 N–H and O–H groups in total. The second-order valence-corrected chi connectivity index (χ2v) is 5.06. The van der Waals surface area contributed by atoms with E-state index in [0.29, 0.717) is 19.4 Å². The van der Waals surface area contributed by atoms with Gasteiger partial charge in [-0.15, -0.1) is 0 Å². The van der Waals surface area contributed by atoms with Crippen LogP contribution >= 0.6 is 0 Å². The number of unbranched alkanes of at least 4 members (excludes halogenated alkanes) is 1. The average molecular weight is 229 g/mol. The molecule has 2 amide bonds. The molecule has 0 radical (unpaired) electrons. The van der Waals surface area contributed by atoms with Crippen molar-refractivity contribution in [3.63, 3.8) is 0 Å². The van der Waals surface area contributed by atoms with Crippen molar-refractivity contribution >= 4 is 11.8 Å². The maximum atomic E-state index is 11.6. The smallest absolute Gasteiger partial charge is 0.237 e. The van der Waals surface area contributed by atoms with E-state index < -0.39 is 6.04 Å². The van der Waals surface area contributed by atoms with Crippen LogP contribution in [0, 0.1) is 5.41 Å². The van der Waals surface area contributed by atoms with Crippen molar-refractivity contribution in [2.75, 3.05) is 6.54 Å². The Balaban J connectivity index is 3.70. The van der Waals surface area contributed by atoms with Crippen molar-refractivity contribution < 1.29 is 9.59 Å². The van der Waals surface area contributed by atoms with Crippen LogP contribution in [-0.2, 0) is 9.59 Å². The minimum absolute atomic E-state index is 0.147. The Kier molecular flexibility index (Phi) is 6.03. The van der Waals surface area contributed by atoms with Gasteiger partial charge < -0.3 is 16.8 Å². The predicted octanol–water partition coefficient (Wildman–Crippen LogP) is 0.132. The number of hydrogen-bond donors (Lipinski definition) is 3. The molecular weight excluding hydrogens is 206 g/mol. The predicted molar refractivity (Wildman–Crippen MR) is 63.5 cm³/mol. The molecule has 0 aromatic carbocycles. The zero-order valence-electron chi connectivity index (χ0n) is 10.4. The lowest BCUT2D eigenvalue weighted by Gasteiger charge is -2.25. The summed E-state index contributed by atoms with van der Waals surface area (Å²) in [4.78, 5) is 22.0. The zero-order chi connectivity index (χ0) is 12.8. The van der Waals surface area contributed by atoms with E-state index in [2.05, 4.69) is 5.32 Å². The van der Waals surface area contributed by atoms with Crippen molar-refractivity contribution in [2.45, 2.75) is 46.1 Å². The number of primary amides is 1. The molecule has 0 bridgehead atoms. The van der Waals surface area contributed by atoms with Crippen molar-refractivity contribution in [2.24, 2.45) is 16.9 Å². The van der Waals surface area contributed by atoms with Crippen LogP contribution < -0.4 is 16.8 Å². The fourth-order valence-electron chi connectivity index (χ4n) is 1.14. The van der Waals surface area contributed by atoms with E-state index in [1.165, 1.54) is 0 Å². The Morgan fingerprint density at radius 1 is 1.25 bits per heavy atom. The van der Waals surface area contributed by atoms with E-state index >= 15 is 0 Å². The summed E-state index contributed by atoms with van der Waals surface area (Å²) >= 11 is 0. The van der Waals surface area contributed by atoms with Crippen molar-refractivity contribution in [3.05, 3.63) is 0 Å². The van der Waals surface area contributed by atoms with Gasteiger partial charge in [0, 0.05) is 13.0 Å². The molecule has 0 aromatic heterocycles. The molecule has 0 aromatic rings. The topological polar surface area (TPSA) is 98.2 Å². The highest BCUT2D eigenvalue weighted by molar-refractivity contribution is 5.82. The van der Waals surface area contributed by atoms with E-state index in [9.17, 15) is 9.59 Å². The minimum atomic E-state index is -0.511. The maximum absolute atomic E-state index is 11.6. The highest BCUT2D eigenvalue weighted by Crippen LogP contribution is 2.17. The standard InChI is InChI=1S/C11H23N3O2/c1-11(2,3)9(13)10(16)14-7-5-4-6-8(12)15/h9H,4-7,13H2,1-3H3,(H2,12,15)(H,14,16)/t9-/m0/s1. The fourth-order valence-corrected chi connectivity index (χ4v) is 1.14. The number of amides is 2. The minimum Gasteiger partial charge on any atom is -0.370 e. The van der Waals surface area contributed by atoms with Crippen molar-refractivity contribution in [1.82, 2.24) is 5.32 Å². The number of carbonyl (C=O) groups excluding carboxylic acids is 2. The van der Waals surface area contributed by atoms with Gasteiger partial charge in [-0.3, -0.25) is 9.59 Å². The van der Waals surface area contributed by atoms with E-state index in [1.54, 1.807) is 0 Å². The lowest BCUT2D eigenvalue weighted by atomic mass is 9.87. The summed E-state index contributed by atoms with van der Waals surface area (Å²) in [5, 5.41) is 2.75. The number of nitrogens with two attached hydrogens (primary N) is 2. The average Bonchev–Trinajstić information content (AvgIpc) is 2.13. The normalized spacial score (nSPS) is 13.2. The van der Waals surface area contributed by atoms with Gasteiger partial charge in [-0.1, -0.05) is 20.8 Å². The van der Waals surface area contributed by atoms with Crippen LogP contribution in [0.4, 0.5) is 0 Å². The van der Waals surface area contributed by atoms with Crippen LogP contribution in [0.3, 0.4) is 0 Å². The summed E-state index contributed by atoms with van der Waals surface area (Å²) in [7, 11) is 0. The molecule has 1 atom stereocenters. The van der Waals surface area contributed by atoms with E-state index in [1.807, 2.05) is 20.8 Å². The third kappa shape index (κ3) is 6.40. The molecule has 0 unspecified atom stereocenters. The molecule has 0 fully saturated rings. The lowest BCUT2D eigenvalue weighted by molar-refractivity contribution is -0.124. The summed E-state index contributed by atoms with van der Waals surface area (Å²) in [5.41, 5.74) is 10.5. The molecule has 0 spiro atoms. The second kappa shape index (κ2) is 6.48. The molecule has 0 aliphatic heterocycles. The molecule has 5 nitrogen and oxygen atoms in total. The SMILES string of the molecule is CC(C)(C)[C@@H](N)C(=O)NCCCCC(N)=O. The highest BCUT2D eigenvalue weighted by atomic mass is 16.2. The molecule has 0 saturated heterocycles. The first kappa shape index (κ1) is 14.9. The summed E-state index contributed by atoms with van der Waals surface area (Å²) < 4.78 is 0. The fraction of sp³-hybridized carbons (Fsp3) is 0.818. The molecule has 5 heteroatoms. The van der Waals surface area contributed by atoms with Crippen LogP contribution in [0.15, 0.2) is 0 Å². The zero-order valence-corrected chi connectivity index (χ0v) is 10.4. The number of carbonyl (C=O) groups is 2. The molecule has 16 heavy (non-hydrogen) atoms. The van der Waals surface area contributed by atoms with Crippen molar-refractivity contribution in [3.8, 4) is 0 Å². The third-order valence-corrected chi connectivity index (χ3v) is 2.36. The molecule has 0 aliphatic rings. The van der Waals surface area contributed by atoms with Gasteiger partial charge in [-0.2, -0.15) is 0 Å².